The summed E-state index contributed by atoms with van der Waals surface area (Å²) in [7, 11) is 0. The van der Waals surface area contributed by atoms with Crippen molar-refractivity contribution >= 4 is 22.2 Å². The smallest absolute Gasteiger partial charge is 0.271 e. The number of amides is 1. The second-order valence-electron chi connectivity index (χ2n) is 5.29. The van der Waals surface area contributed by atoms with Crippen LogP contribution in [0.5, 0.6) is 0 Å². The number of aromatic nitrogens is 4. The number of aryl methyl sites for hydroxylation is 3. The van der Waals surface area contributed by atoms with Gasteiger partial charge in [0.15, 0.2) is 4.96 Å². The third-order valence-electron chi connectivity index (χ3n) is 3.52. The van der Waals surface area contributed by atoms with Crippen LogP contribution < -0.4 is 10.9 Å². The minimum absolute atomic E-state index is 0.0621. The van der Waals surface area contributed by atoms with E-state index in [4.69, 9.17) is 0 Å². The number of nitrogens with zero attached hydrogens (tertiary/aromatic N) is 4. The van der Waals surface area contributed by atoms with Crippen LogP contribution in [0.4, 0.5) is 0 Å². The van der Waals surface area contributed by atoms with Gasteiger partial charge in [0.2, 0.25) is 0 Å². The first kappa shape index (κ1) is 15.4. The second-order valence-corrected chi connectivity index (χ2v) is 6.17. The molecule has 0 aromatic carbocycles. The first-order valence-corrected chi connectivity index (χ1v) is 8.18. The summed E-state index contributed by atoms with van der Waals surface area (Å²) in [6.45, 7) is 5.15. The molecular weight excluding hydrogens is 314 g/mol. The van der Waals surface area contributed by atoms with Crippen LogP contribution in [0.2, 0.25) is 0 Å². The van der Waals surface area contributed by atoms with Gasteiger partial charge < -0.3 is 5.32 Å². The maximum Gasteiger partial charge on any atom is 0.271 e. The molecule has 3 aromatic rings. The van der Waals surface area contributed by atoms with Crippen molar-refractivity contribution in [1.29, 1.82) is 0 Å². The lowest BCUT2D eigenvalue weighted by atomic mass is 10.3. The SMILES string of the molecule is Cc1cc(C)n(CCCNC(=O)c2cnc3sccn3c2=O)n1. The minimum Gasteiger partial charge on any atom is -0.352 e. The summed E-state index contributed by atoms with van der Waals surface area (Å²) in [5, 5.41) is 8.90. The predicted molar refractivity (Wildman–Crippen MR) is 88.0 cm³/mol. The Morgan fingerprint density at radius 1 is 1.39 bits per heavy atom. The van der Waals surface area contributed by atoms with Crippen molar-refractivity contribution in [3.63, 3.8) is 0 Å². The van der Waals surface area contributed by atoms with Gasteiger partial charge in [0, 0.05) is 36.6 Å². The Labute approximate surface area is 136 Å². The first-order chi connectivity index (χ1) is 11.1. The molecular formula is C15H17N5O2S. The zero-order valence-corrected chi connectivity index (χ0v) is 13.8. The molecule has 120 valence electrons. The largest absolute Gasteiger partial charge is 0.352 e. The Bertz CT molecular complexity index is 908. The van der Waals surface area contributed by atoms with Crippen molar-refractivity contribution in [3.8, 4) is 0 Å². The molecule has 0 spiro atoms. The molecule has 0 atom stereocenters. The normalized spacial score (nSPS) is 11.0. The maximum atomic E-state index is 12.2. The Morgan fingerprint density at radius 3 is 2.96 bits per heavy atom. The number of nitrogens with one attached hydrogen (secondary N) is 1. The lowest BCUT2D eigenvalue weighted by molar-refractivity contribution is 0.0950. The lowest BCUT2D eigenvalue weighted by Gasteiger charge is -2.06. The van der Waals surface area contributed by atoms with Gasteiger partial charge in [0.05, 0.1) is 5.69 Å². The van der Waals surface area contributed by atoms with Gasteiger partial charge in [-0.2, -0.15) is 5.10 Å². The maximum absolute atomic E-state index is 12.2. The van der Waals surface area contributed by atoms with Crippen molar-refractivity contribution in [2.75, 3.05) is 6.54 Å². The van der Waals surface area contributed by atoms with Gasteiger partial charge in [-0.15, -0.1) is 11.3 Å². The molecule has 0 fully saturated rings. The summed E-state index contributed by atoms with van der Waals surface area (Å²) in [4.78, 5) is 29.0. The molecule has 0 unspecified atom stereocenters. The van der Waals surface area contributed by atoms with Crippen molar-refractivity contribution in [3.05, 3.63) is 51.1 Å². The third-order valence-corrected chi connectivity index (χ3v) is 4.29. The van der Waals surface area contributed by atoms with E-state index in [9.17, 15) is 9.59 Å². The number of carbonyl (C=O) groups is 1. The Kier molecular flexibility index (Phi) is 4.24. The highest BCUT2D eigenvalue weighted by atomic mass is 32.1. The van der Waals surface area contributed by atoms with Crippen LogP contribution in [-0.2, 0) is 6.54 Å². The summed E-state index contributed by atoms with van der Waals surface area (Å²) in [6, 6.07) is 2.02. The molecule has 3 heterocycles. The van der Waals surface area contributed by atoms with Crippen LogP contribution in [-0.4, -0.2) is 31.6 Å². The molecule has 3 aromatic heterocycles. The topological polar surface area (TPSA) is 81.3 Å². The van der Waals surface area contributed by atoms with Crippen molar-refractivity contribution in [2.24, 2.45) is 0 Å². The molecule has 0 aliphatic carbocycles. The Balaban J connectivity index is 1.59. The molecule has 0 saturated carbocycles. The van der Waals surface area contributed by atoms with E-state index >= 15 is 0 Å². The van der Waals surface area contributed by atoms with Crippen molar-refractivity contribution in [2.45, 2.75) is 26.8 Å². The summed E-state index contributed by atoms with van der Waals surface area (Å²) < 4.78 is 3.30. The van der Waals surface area contributed by atoms with E-state index in [1.807, 2.05) is 24.6 Å². The van der Waals surface area contributed by atoms with Gasteiger partial charge in [0.1, 0.15) is 5.56 Å². The van der Waals surface area contributed by atoms with E-state index < -0.39 is 5.91 Å². The molecule has 0 aliphatic rings. The van der Waals surface area contributed by atoms with E-state index in [2.05, 4.69) is 15.4 Å². The fourth-order valence-electron chi connectivity index (χ4n) is 2.41. The molecule has 0 bridgehead atoms. The third kappa shape index (κ3) is 3.16. The van der Waals surface area contributed by atoms with Crippen LogP contribution in [0.25, 0.3) is 4.96 Å². The number of carbonyl (C=O) groups excluding carboxylic acids is 1. The number of fused-ring (bicyclic) bond motifs is 1. The zero-order chi connectivity index (χ0) is 16.4. The molecule has 0 saturated heterocycles. The second kappa shape index (κ2) is 6.33. The summed E-state index contributed by atoms with van der Waals surface area (Å²) in [6.07, 6.45) is 3.70. The van der Waals surface area contributed by atoms with Gasteiger partial charge in [-0.1, -0.05) is 0 Å². The van der Waals surface area contributed by atoms with E-state index in [0.717, 1.165) is 24.4 Å². The van der Waals surface area contributed by atoms with Crippen LogP contribution >= 0.6 is 11.3 Å². The molecule has 0 radical (unpaired) electrons. The fourth-order valence-corrected chi connectivity index (χ4v) is 3.08. The van der Waals surface area contributed by atoms with Gasteiger partial charge >= 0.3 is 0 Å². The number of hydrogen-bond acceptors (Lipinski definition) is 5. The zero-order valence-electron chi connectivity index (χ0n) is 12.9. The summed E-state index contributed by atoms with van der Waals surface area (Å²) in [5.74, 6) is -0.392. The average Bonchev–Trinajstić information content (AvgIpc) is 3.10. The van der Waals surface area contributed by atoms with Crippen LogP contribution in [0, 0.1) is 13.8 Å². The minimum atomic E-state index is -0.392. The fraction of sp³-hybridized carbons (Fsp3) is 0.333. The average molecular weight is 331 g/mol. The van der Waals surface area contributed by atoms with Crippen LogP contribution in [0.1, 0.15) is 28.2 Å². The molecule has 0 aliphatic heterocycles. The molecule has 8 heteroatoms. The van der Waals surface area contributed by atoms with E-state index in [-0.39, 0.29) is 11.1 Å². The van der Waals surface area contributed by atoms with E-state index in [1.165, 1.54) is 21.9 Å². The number of rotatable bonds is 5. The molecule has 1 N–H and O–H groups in total. The predicted octanol–water partition coefficient (Wildman–Crippen LogP) is 1.39. The monoisotopic (exact) mass is 331 g/mol. The first-order valence-electron chi connectivity index (χ1n) is 7.30. The van der Waals surface area contributed by atoms with E-state index in [1.54, 1.807) is 11.6 Å². The van der Waals surface area contributed by atoms with Crippen molar-refractivity contribution < 1.29 is 4.79 Å². The summed E-state index contributed by atoms with van der Waals surface area (Å²) in [5.41, 5.74) is 1.80. The molecule has 23 heavy (non-hydrogen) atoms. The highest BCUT2D eigenvalue weighted by Gasteiger charge is 2.13. The van der Waals surface area contributed by atoms with E-state index in [0.29, 0.717) is 11.5 Å². The van der Waals surface area contributed by atoms with Crippen LogP contribution in [0.3, 0.4) is 0 Å². The standard InChI is InChI=1S/C15H17N5O2S/c1-10-8-11(2)20(18-10)5-3-4-16-13(21)12-9-17-15-19(14(12)22)6-7-23-15/h6-9H,3-5H2,1-2H3,(H,16,21). The number of hydrogen-bond donors (Lipinski definition) is 1. The summed E-state index contributed by atoms with van der Waals surface area (Å²) >= 11 is 1.35. The van der Waals surface area contributed by atoms with Gasteiger partial charge in [-0.05, 0) is 26.3 Å². The lowest BCUT2D eigenvalue weighted by Crippen LogP contribution is -2.32. The highest BCUT2D eigenvalue weighted by Crippen LogP contribution is 2.06. The van der Waals surface area contributed by atoms with Crippen LogP contribution in [0.15, 0.2) is 28.6 Å². The quantitative estimate of drug-likeness (QED) is 0.716. The highest BCUT2D eigenvalue weighted by molar-refractivity contribution is 7.15. The van der Waals surface area contributed by atoms with Gasteiger partial charge in [-0.25, -0.2) is 4.98 Å². The Hall–Kier alpha value is -2.48. The number of thiazole rings is 1. The van der Waals surface area contributed by atoms with Gasteiger partial charge in [-0.3, -0.25) is 18.7 Å². The van der Waals surface area contributed by atoms with Gasteiger partial charge in [0.25, 0.3) is 11.5 Å². The Morgan fingerprint density at radius 2 is 2.22 bits per heavy atom. The molecule has 3 rings (SSSR count). The molecule has 1 amide bonds. The van der Waals surface area contributed by atoms with Crippen molar-refractivity contribution in [1.82, 2.24) is 24.5 Å². The molecule has 7 nitrogen and oxygen atoms in total.